The molecule has 0 aromatic carbocycles. The molecule has 1 rings (SSSR count). The molecule has 0 aromatic rings. The molecule has 0 N–H and O–H groups in total. The zero-order valence-corrected chi connectivity index (χ0v) is 14.1. The molecule has 1 aliphatic rings. The predicted molar refractivity (Wildman–Crippen MR) is 79.5 cm³/mol. The van der Waals surface area contributed by atoms with Gasteiger partial charge in [0.15, 0.2) is 0 Å². The Balaban J connectivity index is 2.48. The van der Waals surface area contributed by atoms with E-state index in [1.165, 1.54) is 0 Å². The summed E-state index contributed by atoms with van der Waals surface area (Å²) in [5.74, 6) is 0.955. The van der Waals surface area contributed by atoms with Gasteiger partial charge in [0.25, 0.3) is 0 Å². The molecule has 0 spiro atoms. The summed E-state index contributed by atoms with van der Waals surface area (Å²) in [5, 5.41) is 0. The van der Waals surface area contributed by atoms with Gasteiger partial charge in [-0.1, -0.05) is 0 Å². The molecule has 0 saturated carbocycles. The minimum Gasteiger partial charge on any atom is -0.495 e. The van der Waals surface area contributed by atoms with Crippen molar-refractivity contribution in [2.75, 3.05) is 33.0 Å². The van der Waals surface area contributed by atoms with Gasteiger partial charge in [-0.25, -0.2) is 0 Å². The van der Waals surface area contributed by atoms with Crippen LogP contribution in [0.5, 0.6) is 0 Å². The van der Waals surface area contributed by atoms with Crippen LogP contribution in [0.15, 0.2) is 11.8 Å². The minimum atomic E-state index is -2.57. The van der Waals surface area contributed by atoms with Crippen LogP contribution in [-0.2, 0) is 22.8 Å². The highest BCUT2D eigenvalue weighted by Gasteiger charge is 2.40. The van der Waals surface area contributed by atoms with Crippen LogP contribution >= 0.6 is 0 Å². The van der Waals surface area contributed by atoms with Gasteiger partial charge in [-0.15, -0.1) is 0 Å². The Morgan fingerprint density at radius 3 is 2.10 bits per heavy atom. The SMILES string of the molecule is C/C=C(/CC[Si](OCC)(OCC)OCC)OCC1CO1. The molecule has 1 atom stereocenters. The number of rotatable bonds is 12. The monoisotopic (exact) mass is 304 g/mol. The van der Waals surface area contributed by atoms with Crippen LogP contribution in [-0.4, -0.2) is 47.9 Å². The second kappa shape index (κ2) is 9.52. The van der Waals surface area contributed by atoms with Gasteiger partial charge in [0.1, 0.15) is 12.7 Å². The van der Waals surface area contributed by atoms with Gasteiger partial charge in [0.05, 0.1) is 12.4 Å². The average Bonchev–Trinajstić information content (AvgIpc) is 3.24. The van der Waals surface area contributed by atoms with E-state index >= 15 is 0 Å². The van der Waals surface area contributed by atoms with Crippen molar-refractivity contribution in [1.29, 1.82) is 0 Å². The van der Waals surface area contributed by atoms with Crippen molar-refractivity contribution >= 4 is 8.80 Å². The lowest BCUT2D eigenvalue weighted by molar-refractivity contribution is 0.0695. The first-order valence-electron chi connectivity index (χ1n) is 7.51. The van der Waals surface area contributed by atoms with Gasteiger partial charge in [-0.2, -0.15) is 0 Å². The Hall–Kier alpha value is -0.403. The summed E-state index contributed by atoms with van der Waals surface area (Å²) in [5.41, 5.74) is 0. The van der Waals surface area contributed by atoms with E-state index in [-0.39, 0.29) is 6.10 Å². The van der Waals surface area contributed by atoms with Gasteiger partial charge in [-0.05, 0) is 33.8 Å². The van der Waals surface area contributed by atoms with E-state index in [0.29, 0.717) is 26.4 Å². The molecular weight excluding hydrogens is 276 g/mol. The van der Waals surface area contributed by atoms with Crippen LogP contribution in [0.3, 0.4) is 0 Å². The van der Waals surface area contributed by atoms with Gasteiger partial charge in [0.2, 0.25) is 0 Å². The Morgan fingerprint density at radius 2 is 1.70 bits per heavy atom. The largest absolute Gasteiger partial charge is 0.501 e. The summed E-state index contributed by atoms with van der Waals surface area (Å²) in [6.45, 7) is 11.1. The molecule has 0 radical (unpaired) electrons. The summed E-state index contributed by atoms with van der Waals surface area (Å²) in [7, 11) is -2.57. The lowest BCUT2D eigenvalue weighted by atomic mass is 10.3. The Morgan fingerprint density at radius 1 is 1.15 bits per heavy atom. The van der Waals surface area contributed by atoms with Gasteiger partial charge >= 0.3 is 8.80 Å². The number of hydrogen-bond acceptors (Lipinski definition) is 5. The lowest BCUT2D eigenvalue weighted by Crippen LogP contribution is -2.46. The van der Waals surface area contributed by atoms with E-state index in [9.17, 15) is 0 Å². The van der Waals surface area contributed by atoms with Crippen molar-refractivity contribution < 1.29 is 22.8 Å². The fraction of sp³-hybridized carbons (Fsp3) is 0.857. The van der Waals surface area contributed by atoms with Crippen molar-refractivity contribution in [3.8, 4) is 0 Å². The van der Waals surface area contributed by atoms with Crippen LogP contribution in [0.2, 0.25) is 6.04 Å². The third-order valence-electron chi connectivity index (χ3n) is 2.95. The molecule has 0 aliphatic carbocycles. The van der Waals surface area contributed by atoms with Crippen LogP contribution in [0.4, 0.5) is 0 Å². The Labute approximate surface area is 123 Å². The second-order valence-corrected chi connectivity index (χ2v) is 7.24. The van der Waals surface area contributed by atoms with Crippen LogP contribution in [0.25, 0.3) is 0 Å². The predicted octanol–water partition coefficient (Wildman–Crippen LogP) is 2.74. The van der Waals surface area contributed by atoms with Crippen LogP contribution in [0.1, 0.15) is 34.1 Å². The summed E-state index contributed by atoms with van der Waals surface area (Å²) < 4.78 is 28.4. The van der Waals surface area contributed by atoms with Crippen molar-refractivity contribution in [1.82, 2.24) is 0 Å². The Bertz CT molecular complexity index is 274. The van der Waals surface area contributed by atoms with E-state index in [2.05, 4.69) is 0 Å². The Kier molecular flexibility index (Phi) is 8.40. The maximum absolute atomic E-state index is 5.83. The molecular formula is C14H28O5Si. The lowest BCUT2D eigenvalue weighted by Gasteiger charge is -2.28. The molecule has 5 nitrogen and oxygen atoms in total. The summed E-state index contributed by atoms with van der Waals surface area (Å²) in [6, 6.07) is 0.744. The van der Waals surface area contributed by atoms with E-state index < -0.39 is 8.80 Å². The number of epoxide rings is 1. The standard InChI is InChI=1S/C14H28O5Si/c1-5-13(15-11-14-12-16-14)9-10-20(17-6-2,18-7-3)19-8-4/h5,14H,6-12H2,1-4H3/b13-5-. The van der Waals surface area contributed by atoms with Crippen molar-refractivity contribution in [2.45, 2.75) is 46.3 Å². The first kappa shape index (κ1) is 17.6. The van der Waals surface area contributed by atoms with Crippen molar-refractivity contribution in [2.24, 2.45) is 0 Å². The van der Waals surface area contributed by atoms with Gasteiger partial charge < -0.3 is 22.8 Å². The zero-order chi connectivity index (χ0) is 14.8. The highest BCUT2D eigenvalue weighted by molar-refractivity contribution is 6.60. The molecule has 0 bridgehead atoms. The molecule has 1 unspecified atom stereocenters. The summed E-state index contributed by atoms with van der Waals surface area (Å²) in [4.78, 5) is 0. The van der Waals surface area contributed by atoms with Crippen LogP contribution in [0, 0.1) is 0 Å². The van der Waals surface area contributed by atoms with Crippen LogP contribution < -0.4 is 0 Å². The number of ether oxygens (including phenoxy) is 2. The fourth-order valence-electron chi connectivity index (χ4n) is 1.94. The third kappa shape index (κ3) is 6.36. The fourth-order valence-corrected chi connectivity index (χ4v) is 4.50. The third-order valence-corrected chi connectivity index (χ3v) is 6.00. The number of allylic oxidation sites excluding steroid dienone is 2. The molecule has 118 valence electrons. The summed E-state index contributed by atoms with van der Waals surface area (Å²) >= 11 is 0. The molecule has 0 amide bonds. The highest BCUT2D eigenvalue weighted by atomic mass is 28.4. The second-order valence-electron chi connectivity index (χ2n) is 4.50. The average molecular weight is 304 g/mol. The normalized spacial score (nSPS) is 19.2. The molecule has 6 heteroatoms. The molecule has 1 saturated heterocycles. The number of hydrogen-bond donors (Lipinski definition) is 0. The maximum atomic E-state index is 5.83. The van der Waals surface area contributed by atoms with E-state index in [1.807, 2.05) is 33.8 Å². The molecule has 1 fully saturated rings. The highest BCUT2D eigenvalue weighted by Crippen LogP contribution is 2.22. The van der Waals surface area contributed by atoms with E-state index in [0.717, 1.165) is 24.8 Å². The smallest absolute Gasteiger partial charge is 0.495 e. The van der Waals surface area contributed by atoms with Crippen molar-refractivity contribution in [3.63, 3.8) is 0 Å². The first-order chi connectivity index (χ1) is 9.69. The quantitative estimate of drug-likeness (QED) is 0.315. The minimum absolute atomic E-state index is 0.276. The molecule has 1 heterocycles. The molecule has 0 aromatic heterocycles. The maximum Gasteiger partial charge on any atom is 0.501 e. The van der Waals surface area contributed by atoms with Gasteiger partial charge in [-0.3, -0.25) is 0 Å². The molecule has 1 aliphatic heterocycles. The van der Waals surface area contributed by atoms with Crippen molar-refractivity contribution in [3.05, 3.63) is 11.8 Å². The van der Waals surface area contributed by atoms with Gasteiger partial charge in [0, 0.05) is 32.3 Å². The topological polar surface area (TPSA) is 49.5 Å². The summed E-state index contributed by atoms with van der Waals surface area (Å²) in [6.07, 6.45) is 3.04. The van der Waals surface area contributed by atoms with E-state index in [4.69, 9.17) is 22.8 Å². The molecule has 20 heavy (non-hydrogen) atoms. The first-order valence-corrected chi connectivity index (χ1v) is 9.44. The van der Waals surface area contributed by atoms with E-state index in [1.54, 1.807) is 0 Å². The zero-order valence-electron chi connectivity index (χ0n) is 13.1.